The molecule has 1 N–H and O–H groups in total. The van der Waals surface area contributed by atoms with E-state index in [9.17, 15) is 9.59 Å². The molecule has 2 saturated heterocycles. The van der Waals surface area contributed by atoms with Crippen LogP contribution in [0.2, 0.25) is 0 Å². The normalized spacial score (nSPS) is 20.4. The van der Waals surface area contributed by atoms with Gasteiger partial charge in [-0.15, -0.1) is 0 Å². The topological polar surface area (TPSA) is 87.9 Å². The van der Waals surface area contributed by atoms with Crippen molar-refractivity contribution in [2.45, 2.75) is 72.0 Å². The molecule has 6 heterocycles. The third kappa shape index (κ3) is 6.04. The standard InChI is InChI=1S/C40H48FN7O3/c1-6-28-22-45(30-23-51-24-30)10-11-46(28)29-8-9-37(42-20-29)43-33-14-26(21-44(5)38(33)49)32-16-27(41)17-34(31(32)7-2)48-13-12-47-35(39(48)50)15-25-18-40(3,4)19-36(25)47/h8-9,14-17,20-21,28,30H,6-7,10-13,18-19,22-24H2,1-5H3,(H,42,43)/t28-/m0/s1. The highest BCUT2D eigenvalue weighted by atomic mass is 19.1. The second-order valence-electron chi connectivity index (χ2n) is 15.5. The van der Waals surface area contributed by atoms with Crippen molar-refractivity contribution < 1.29 is 13.9 Å². The van der Waals surface area contributed by atoms with Crippen LogP contribution in [0.25, 0.3) is 11.1 Å². The van der Waals surface area contributed by atoms with Gasteiger partial charge in [-0.1, -0.05) is 27.7 Å². The highest BCUT2D eigenvalue weighted by Gasteiger charge is 2.38. The third-order valence-electron chi connectivity index (χ3n) is 11.4. The number of anilines is 4. The third-order valence-corrected chi connectivity index (χ3v) is 11.4. The number of pyridine rings is 2. The maximum absolute atomic E-state index is 15.5. The van der Waals surface area contributed by atoms with Gasteiger partial charge in [0.15, 0.2) is 0 Å². The van der Waals surface area contributed by atoms with Crippen LogP contribution in [0.15, 0.2) is 53.6 Å². The van der Waals surface area contributed by atoms with Gasteiger partial charge in [0.2, 0.25) is 0 Å². The van der Waals surface area contributed by atoms with Crippen molar-refractivity contribution in [2.75, 3.05) is 54.5 Å². The summed E-state index contributed by atoms with van der Waals surface area (Å²) in [5.41, 5.74) is 7.36. The van der Waals surface area contributed by atoms with E-state index in [1.807, 2.05) is 25.3 Å². The summed E-state index contributed by atoms with van der Waals surface area (Å²) in [6.07, 6.45) is 7.13. The van der Waals surface area contributed by atoms with E-state index in [1.54, 1.807) is 24.2 Å². The fourth-order valence-corrected chi connectivity index (χ4v) is 8.68. The van der Waals surface area contributed by atoms with E-state index in [0.29, 0.717) is 65.6 Å². The Morgan fingerprint density at radius 1 is 1.02 bits per heavy atom. The summed E-state index contributed by atoms with van der Waals surface area (Å²) in [4.78, 5) is 38.8. The van der Waals surface area contributed by atoms with Crippen LogP contribution in [0.1, 0.15) is 61.4 Å². The molecule has 1 atom stereocenters. The lowest BCUT2D eigenvalue weighted by Crippen LogP contribution is -2.60. The van der Waals surface area contributed by atoms with Gasteiger partial charge in [0.25, 0.3) is 11.5 Å². The van der Waals surface area contributed by atoms with Crippen LogP contribution in [-0.4, -0.2) is 76.4 Å². The minimum Gasteiger partial charge on any atom is -0.378 e. The first-order valence-electron chi connectivity index (χ1n) is 18.4. The summed E-state index contributed by atoms with van der Waals surface area (Å²) in [5, 5.41) is 3.24. The number of nitrogens with one attached hydrogen (secondary N) is 1. The van der Waals surface area contributed by atoms with Crippen molar-refractivity contribution in [3.63, 3.8) is 0 Å². The molecule has 4 aliphatic rings. The summed E-state index contributed by atoms with van der Waals surface area (Å²) in [5.74, 6) is 0.0272. The number of benzene rings is 1. The van der Waals surface area contributed by atoms with E-state index in [4.69, 9.17) is 9.72 Å². The van der Waals surface area contributed by atoms with Crippen LogP contribution >= 0.6 is 0 Å². The number of ether oxygens (including phenoxy) is 1. The molecule has 8 rings (SSSR count). The molecule has 0 bridgehead atoms. The highest BCUT2D eigenvalue weighted by molar-refractivity contribution is 6.07. The van der Waals surface area contributed by atoms with Crippen LogP contribution in [0.3, 0.4) is 0 Å². The molecule has 51 heavy (non-hydrogen) atoms. The van der Waals surface area contributed by atoms with E-state index < -0.39 is 5.82 Å². The van der Waals surface area contributed by atoms with Gasteiger partial charge in [-0.05, 0) is 84.2 Å². The van der Waals surface area contributed by atoms with E-state index in [2.05, 4.69) is 46.5 Å². The second-order valence-corrected chi connectivity index (χ2v) is 15.5. The molecule has 3 aromatic heterocycles. The average molecular weight is 694 g/mol. The molecular weight excluding hydrogens is 645 g/mol. The van der Waals surface area contributed by atoms with E-state index >= 15 is 4.39 Å². The number of carbonyl (C=O) groups excluding carboxylic acids is 1. The maximum Gasteiger partial charge on any atom is 0.274 e. The monoisotopic (exact) mass is 693 g/mol. The fourth-order valence-electron chi connectivity index (χ4n) is 8.68. The Morgan fingerprint density at radius 2 is 1.84 bits per heavy atom. The number of aromatic nitrogens is 3. The first kappa shape index (κ1) is 33.7. The predicted molar refractivity (Wildman–Crippen MR) is 199 cm³/mol. The highest BCUT2D eigenvalue weighted by Crippen LogP contribution is 2.41. The van der Waals surface area contributed by atoms with Gasteiger partial charge >= 0.3 is 0 Å². The van der Waals surface area contributed by atoms with Crippen molar-refractivity contribution in [1.82, 2.24) is 19.0 Å². The van der Waals surface area contributed by atoms with Gasteiger partial charge in [-0.2, -0.15) is 0 Å². The van der Waals surface area contributed by atoms with Crippen molar-refractivity contribution >= 4 is 28.8 Å². The minimum atomic E-state index is -0.428. The molecular formula is C40H48FN7O3. The van der Waals surface area contributed by atoms with Gasteiger partial charge in [-0.25, -0.2) is 9.37 Å². The van der Waals surface area contributed by atoms with Crippen molar-refractivity contribution in [3.8, 4) is 11.1 Å². The SMILES string of the molecule is CCc1c(-c2cc(Nc3ccc(N4CCN(C5COC5)C[C@@H]4CC)cn3)c(=O)n(C)c2)cc(F)cc1N1CCn2c(cc3c2CC(C)(C)C3)C1=O. The Kier molecular flexibility index (Phi) is 8.53. The van der Waals surface area contributed by atoms with Gasteiger partial charge in [0, 0.05) is 63.3 Å². The molecule has 0 saturated carbocycles. The Bertz CT molecular complexity index is 2050. The minimum absolute atomic E-state index is 0.0999. The Balaban J connectivity index is 1.06. The molecule has 0 unspecified atom stereocenters. The Morgan fingerprint density at radius 3 is 2.55 bits per heavy atom. The number of fused-ring (bicyclic) bond motifs is 3. The summed E-state index contributed by atoms with van der Waals surface area (Å²) in [6, 6.07) is 11.7. The zero-order chi connectivity index (χ0) is 35.6. The van der Waals surface area contributed by atoms with Gasteiger partial charge in [-0.3, -0.25) is 14.5 Å². The van der Waals surface area contributed by atoms with Gasteiger partial charge < -0.3 is 29.0 Å². The number of rotatable bonds is 8. The van der Waals surface area contributed by atoms with Gasteiger partial charge in [0.1, 0.15) is 23.0 Å². The quantitative estimate of drug-likeness (QED) is 0.251. The Hall–Kier alpha value is -4.48. The van der Waals surface area contributed by atoms with Crippen LogP contribution in [-0.2, 0) is 37.6 Å². The molecule has 3 aliphatic heterocycles. The number of piperazine rings is 1. The number of aryl methyl sites for hydroxylation is 1. The summed E-state index contributed by atoms with van der Waals surface area (Å²) in [7, 11) is 1.70. The van der Waals surface area contributed by atoms with Crippen molar-refractivity contribution in [2.24, 2.45) is 12.5 Å². The lowest BCUT2D eigenvalue weighted by Gasteiger charge is -2.47. The molecule has 0 spiro atoms. The molecule has 0 radical (unpaired) electrons. The first-order chi connectivity index (χ1) is 24.5. The maximum atomic E-state index is 15.5. The molecule has 10 nitrogen and oxygen atoms in total. The molecule has 4 aromatic rings. The second kappa shape index (κ2) is 12.9. The van der Waals surface area contributed by atoms with Crippen molar-refractivity contribution in [1.29, 1.82) is 0 Å². The van der Waals surface area contributed by atoms with E-state index in [1.165, 1.54) is 28.0 Å². The van der Waals surface area contributed by atoms with Crippen LogP contribution < -0.4 is 20.7 Å². The van der Waals surface area contributed by atoms with E-state index in [0.717, 1.165) is 63.4 Å². The summed E-state index contributed by atoms with van der Waals surface area (Å²) >= 11 is 0. The predicted octanol–water partition coefficient (Wildman–Crippen LogP) is 5.78. The summed E-state index contributed by atoms with van der Waals surface area (Å²) < 4.78 is 24.6. The largest absolute Gasteiger partial charge is 0.378 e. The molecule has 1 aromatic carbocycles. The van der Waals surface area contributed by atoms with Crippen LogP contribution in [0, 0.1) is 11.2 Å². The molecule has 1 amide bonds. The molecule has 1 aliphatic carbocycles. The fraction of sp³-hybridized carbons (Fsp3) is 0.475. The number of halogens is 1. The van der Waals surface area contributed by atoms with Crippen LogP contribution in [0.4, 0.5) is 27.3 Å². The zero-order valence-corrected chi connectivity index (χ0v) is 30.3. The molecule has 2 fully saturated rings. The number of hydrogen-bond acceptors (Lipinski definition) is 7. The first-order valence-corrected chi connectivity index (χ1v) is 18.4. The number of amides is 1. The molecule has 268 valence electrons. The molecule has 11 heteroatoms. The van der Waals surface area contributed by atoms with Crippen molar-refractivity contribution in [3.05, 3.63) is 87.5 Å². The smallest absolute Gasteiger partial charge is 0.274 e. The van der Waals surface area contributed by atoms with Crippen LogP contribution in [0.5, 0.6) is 0 Å². The lowest BCUT2D eigenvalue weighted by molar-refractivity contribution is -0.0698. The number of carbonyl (C=O) groups is 1. The zero-order valence-electron chi connectivity index (χ0n) is 30.3. The number of nitrogens with zero attached hydrogens (tertiary/aromatic N) is 6. The van der Waals surface area contributed by atoms with E-state index in [-0.39, 0.29) is 16.9 Å². The number of hydrogen-bond donors (Lipinski definition) is 1. The van der Waals surface area contributed by atoms with Gasteiger partial charge in [0.05, 0.1) is 36.8 Å². The Labute approximate surface area is 298 Å². The average Bonchev–Trinajstić information content (AvgIpc) is 3.58. The lowest BCUT2D eigenvalue weighted by atomic mass is 9.90. The summed E-state index contributed by atoms with van der Waals surface area (Å²) in [6.45, 7) is 14.5.